The molecule has 2 aromatic rings. The molecular weight excluding hydrogens is 240 g/mol. The highest BCUT2D eigenvalue weighted by molar-refractivity contribution is 7.99. The van der Waals surface area contributed by atoms with Gasteiger partial charge in [-0.05, 0) is 6.92 Å². The number of thioether (sulfide) groups is 1. The number of aromatic nitrogens is 3. The zero-order chi connectivity index (χ0) is 12.3. The number of anilines is 1. The van der Waals surface area contributed by atoms with Crippen molar-refractivity contribution in [3.63, 3.8) is 0 Å². The normalized spacial score (nSPS) is 10.5. The Hall–Kier alpha value is -1.76. The maximum Gasteiger partial charge on any atom is 0.237 e. The molecule has 0 aliphatic rings. The highest BCUT2D eigenvalue weighted by Gasteiger charge is 2.08. The first-order valence-corrected chi connectivity index (χ1v) is 5.97. The molecule has 0 saturated heterocycles. The van der Waals surface area contributed by atoms with Gasteiger partial charge in [0.05, 0.1) is 11.4 Å². The molecule has 0 aromatic carbocycles. The van der Waals surface area contributed by atoms with E-state index in [0.29, 0.717) is 5.88 Å². The van der Waals surface area contributed by atoms with Crippen LogP contribution in [0.1, 0.15) is 5.69 Å². The van der Waals surface area contributed by atoms with Crippen LogP contribution in [0.4, 0.5) is 5.88 Å². The van der Waals surface area contributed by atoms with E-state index in [9.17, 15) is 4.79 Å². The summed E-state index contributed by atoms with van der Waals surface area (Å²) in [5.41, 5.74) is 0.733. The van der Waals surface area contributed by atoms with Gasteiger partial charge in [-0.1, -0.05) is 16.9 Å². The number of carbonyl (C=O) groups excluding carboxylic acids is 1. The Morgan fingerprint density at radius 1 is 1.65 bits per heavy atom. The number of imidazole rings is 1. The Morgan fingerprint density at radius 3 is 3.06 bits per heavy atom. The van der Waals surface area contributed by atoms with Gasteiger partial charge in [-0.15, -0.1) is 0 Å². The number of nitrogens with zero attached hydrogens (tertiary/aromatic N) is 3. The lowest BCUT2D eigenvalue weighted by Crippen LogP contribution is -2.13. The molecule has 0 radical (unpaired) electrons. The molecule has 7 heteroatoms. The number of hydrogen-bond donors (Lipinski definition) is 1. The Kier molecular flexibility index (Phi) is 3.48. The van der Waals surface area contributed by atoms with E-state index >= 15 is 0 Å². The second-order valence-electron chi connectivity index (χ2n) is 3.49. The van der Waals surface area contributed by atoms with Crippen molar-refractivity contribution in [3.8, 4) is 0 Å². The minimum atomic E-state index is -0.144. The molecule has 0 saturated carbocycles. The van der Waals surface area contributed by atoms with Crippen molar-refractivity contribution in [2.24, 2.45) is 7.05 Å². The summed E-state index contributed by atoms with van der Waals surface area (Å²) in [4.78, 5) is 15.7. The average molecular weight is 252 g/mol. The standard InChI is InChI=1S/C10H12N4O2S/c1-7-5-9(16-13-7)12-8(15)6-17-10-11-3-4-14(10)2/h3-5H,6H2,1-2H3,(H,12,15). The maximum atomic E-state index is 11.6. The lowest BCUT2D eigenvalue weighted by molar-refractivity contribution is -0.113. The number of hydrogen-bond acceptors (Lipinski definition) is 5. The van der Waals surface area contributed by atoms with Gasteiger partial charge in [0, 0.05) is 25.5 Å². The second-order valence-corrected chi connectivity index (χ2v) is 4.43. The van der Waals surface area contributed by atoms with Gasteiger partial charge in [0.15, 0.2) is 5.16 Å². The van der Waals surface area contributed by atoms with Crippen molar-refractivity contribution in [1.29, 1.82) is 0 Å². The summed E-state index contributed by atoms with van der Waals surface area (Å²) in [6.07, 6.45) is 3.53. The molecule has 0 fully saturated rings. The first-order chi connectivity index (χ1) is 8.15. The molecule has 0 aliphatic carbocycles. The van der Waals surface area contributed by atoms with Gasteiger partial charge in [-0.25, -0.2) is 4.98 Å². The largest absolute Gasteiger partial charge is 0.338 e. The van der Waals surface area contributed by atoms with E-state index in [1.807, 2.05) is 17.8 Å². The molecule has 6 nitrogen and oxygen atoms in total. The minimum absolute atomic E-state index is 0.144. The van der Waals surface area contributed by atoms with Crippen LogP contribution in [0.2, 0.25) is 0 Å². The van der Waals surface area contributed by atoms with E-state index in [1.54, 1.807) is 19.2 Å². The van der Waals surface area contributed by atoms with Crippen molar-refractivity contribution in [2.75, 3.05) is 11.1 Å². The highest BCUT2D eigenvalue weighted by atomic mass is 32.2. The van der Waals surface area contributed by atoms with E-state index in [1.165, 1.54) is 11.8 Å². The van der Waals surface area contributed by atoms with Crippen LogP contribution in [-0.4, -0.2) is 26.4 Å². The van der Waals surface area contributed by atoms with Crippen LogP contribution >= 0.6 is 11.8 Å². The Bertz CT molecular complexity index is 520. The molecule has 0 unspecified atom stereocenters. The van der Waals surface area contributed by atoms with Crippen LogP contribution in [0.25, 0.3) is 0 Å². The SMILES string of the molecule is Cc1cc(NC(=O)CSc2nccn2C)on1. The molecule has 0 bridgehead atoms. The third-order valence-electron chi connectivity index (χ3n) is 2.00. The molecule has 17 heavy (non-hydrogen) atoms. The predicted octanol–water partition coefficient (Wildman–Crippen LogP) is 1.45. The third kappa shape index (κ3) is 3.10. The zero-order valence-corrected chi connectivity index (χ0v) is 10.3. The maximum absolute atomic E-state index is 11.6. The smallest absolute Gasteiger partial charge is 0.237 e. The van der Waals surface area contributed by atoms with E-state index in [4.69, 9.17) is 4.52 Å². The van der Waals surface area contributed by atoms with Gasteiger partial charge in [-0.3, -0.25) is 10.1 Å². The molecule has 2 heterocycles. The fourth-order valence-electron chi connectivity index (χ4n) is 1.22. The summed E-state index contributed by atoms with van der Waals surface area (Å²) in [6.45, 7) is 1.79. The topological polar surface area (TPSA) is 73.0 Å². The van der Waals surface area contributed by atoms with Crippen LogP contribution in [0.15, 0.2) is 28.1 Å². The summed E-state index contributed by atoms with van der Waals surface area (Å²) < 4.78 is 6.74. The van der Waals surface area contributed by atoms with Crippen molar-refractivity contribution in [3.05, 3.63) is 24.2 Å². The number of aryl methyl sites for hydroxylation is 2. The molecule has 0 aliphatic heterocycles. The summed E-state index contributed by atoms with van der Waals surface area (Å²) in [6, 6.07) is 1.67. The van der Waals surface area contributed by atoms with E-state index < -0.39 is 0 Å². The van der Waals surface area contributed by atoms with Gasteiger partial charge in [-0.2, -0.15) is 0 Å². The molecule has 1 N–H and O–H groups in total. The van der Waals surface area contributed by atoms with E-state index in [2.05, 4.69) is 15.5 Å². The number of amides is 1. The van der Waals surface area contributed by atoms with Crippen molar-refractivity contribution >= 4 is 23.6 Å². The quantitative estimate of drug-likeness (QED) is 0.834. The fraction of sp³-hybridized carbons (Fsp3) is 0.300. The number of carbonyl (C=O) groups is 1. The predicted molar refractivity (Wildman–Crippen MR) is 63.8 cm³/mol. The first kappa shape index (κ1) is 11.7. The zero-order valence-electron chi connectivity index (χ0n) is 9.51. The summed E-state index contributed by atoms with van der Waals surface area (Å²) in [5.74, 6) is 0.506. The molecule has 0 spiro atoms. The Morgan fingerprint density at radius 2 is 2.47 bits per heavy atom. The number of nitrogens with one attached hydrogen (secondary N) is 1. The van der Waals surface area contributed by atoms with Gasteiger partial charge in [0.25, 0.3) is 0 Å². The van der Waals surface area contributed by atoms with E-state index in [-0.39, 0.29) is 11.7 Å². The van der Waals surface area contributed by atoms with Gasteiger partial charge < -0.3 is 9.09 Å². The average Bonchev–Trinajstić information content (AvgIpc) is 2.85. The molecule has 90 valence electrons. The molecular formula is C10H12N4O2S. The van der Waals surface area contributed by atoms with Gasteiger partial charge in [0.2, 0.25) is 11.8 Å². The third-order valence-corrected chi connectivity index (χ3v) is 3.06. The summed E-state index contributed by atoms with van der Waals surface area (Å²) >= 11 is 1.37. The van der Waals surface area contributed by atoms with Gasteiger partial charge >= 0.3 is 0 Å². The van der Waals surface area contributed by atoms with Crippen LogP contribution in [0.3, 0.4) is 0 Å². The van der Waals surface area contributed by atoms with Crippen molar-refractivity contribution in [1.82, 2.24) is 14.7 Å². The van der Waals surface area contributed by atoms with Crippen LogP contribution in [0, 0.1) is 6.92 Å². The van der Waals surface area contributed by atoms with Crippen molar-refractivity contribution in [2.45, 2.75) is 12.1 Å². The monoisotopic (exact) mass is 252 g/mol. The Balaban J connectivity index is 1.84. The van der Waals surface area contributed by atoms with Crippen LogP contribution in [0.5, 0.6) is 0 Å². The minimum Gasteiger partial charge on any atom is -0.338 e. The highest BCUT2D eigenvalue weighted by Crippen LogP contribution is 2.15. The Labute approximate surface area is 102 Å². The summed E-state index contributed by atoms with van der Waals surface area (Å²) in [5, 5.41) is 7.10. The lowest BCUT2D eigenvalue weighted by atomic mass is 10.5. The molecule has 2 aromatic heterocycles. The van der Waals surface area contributed by atoms with Crippen LogP contribution in [-0.2, 0) is 11.8 Å². The number of rotatable bonds is 4. The van der Waals surface area contributed by atoms with Gasteiger partial charge in [0.1, 0.15) is 0 Å². The molecule has 0 atom stereocenters. The first-order valence-electron chi connectivity index (χ1n) is 4.98. The van der Waals surface area contributed by atoms with Crippen LogP contribution < -0.4 is 5.32 Å². The van der Waals surface area contributed by atoms with E-state index in [0.717, 1.165) is 10.9 Å². The summed E-state index contributed by atoms with van der Waals surface area (Å²) in [7, 11) is 1.88. The second kappa shape index (κ2) is 5.05. The molecule has 1 amide bonds. The van der Waals surface area contributed by atoms with Crippen molar-refractivity contribution < 1.29 is 9.32 Å². The fourth-order valence-corrected chi connectivity index (χ4v) is 1.95. The lowest BCUT2D eigenvalue weighted by Gasteiger charge is -2.01. The molecule has 2 rings (SSSR count).